The quantitative estimate of drug-likeness (QED) is 0.414. The average Bonchev–Trinajstić information content (AvgIpc) is 3.56. The molecule has 204 valence electrons. The number of nitrogens with zero attached hydrogens (tertiary/aromatic N) is 2. The zero-order valence-electron chi connectivity index (χ0n) is 22.1. The molecule has 1 unspecified atom stereocenters. The first kappa shape index (κ1) is 26.7. The zero-order chi connectivity index (χ0) is 27.2. The van der Waals surface area contributed by atoms with Crippen LogP contribution >= 0.6 is 0 Å². The minimum atomic E-state index is -0.734. The number of carboxylic acid groups (broad SMARTS) is 1. The number of nitrogens with one attached hydrogen (secondary N) is 1. The van der Waals surface area contributed by atoms with Gasteiger partial charge in [0.1, 0.15) is 0 Å². The highest BCUT2D eigenvalue weighted by Crippen LogP contribution is 2.49. The maximum absolute atomic E-state index is 13.3. The summed E-state index contributed by atoms with van der Waals surface area (Å²) in [6.07, 6.45) is 9.99. The van der Waals surface area contributed by atoms with Crippen LogP contribution in [-0.4, -0.2) is 46.9 Å². The van der Waals surface area contributed by atoms with Crippen molar-refractivity contribution in [3.8, 4) is 0 Å². The molecule has 8 heteroatoms. The normalized spacial score (nSPS) is 19.4. The predicted molar refractivity (Wildman–Crippen MR) is 147 cm³/mol. The summed E-state index contributed by atoms with van der Waals surface area (Å²) in [7, 11) is 0. The van der Waals surface area contributed by atoms with Crippen molar-refractivity contribution in [3.63, 3.8) is 0 Å². The largest absolute Gasteiger partial charge is 0.481 e. The first-order valence-corrected chi connectivity index (χ1v) is 13.8. The number of carbonyl (C=O) groups is 3. The monoisotopic (exact) mass is 529 g/mol. The van der Waals surface area contributed by atoms with E-state index in [4.69, 9.17) is 4.74 Å². The van der Waals surface area contributed by atoms with Gasteiger partial charge in [-0.1, -0.05) is 67.5 Å². The lowest BCUT2D eigenvalue weighted by atomic mass is 9.83. The van der Waals surface area contributed by atoms with E-state index in [1.165, 1.54) is 5.01 Å². The van der Waals surface area contributed by atoms with Gasteiger partial charge in [0.2, 0.25) is 11.8 Å². The van der Waals surface area contributed by atoms with Crippen molar-refractivity contribution in [2.45, 2.75) is 57.4 Å². The van der Waals surface area contributed by atoms with E-state index in [0.717, 1.165) is 55.2 Å². The summed E-state index contributed by atoms with van der Waals surface area (Å²) in [5, 5.41) is 18.2. The summed E-state index contributed by atoms with van der Waals surface area (Å²) in [5.41, 5.74) is 2.12. The van der Waals surface area contributed by atoms with E-state index in [9.17, 15) is 19.5 Å². The predicted octanol–water partition coefficient (Wildman–Crippen LogP) is 4.61. The minimum absolute atomic E-state index is 0.000806. The summed E-state index contributed by atoms with van der Waals surface area (Å²) in [6.45, 7) is 0.653. The van der Waals surface area contributed by atoms with Crippen LogP contribution in [0.25, 0.3) is 0 Å². The molecule has 2 N–H and O–H groups in total. The lowest BCUT2D eigenvalue weighted by molar-refractivity contribution is -0.143. The Morgan fingerprint density at radius 3 is 2.46 bits per heavy atom. The van der Waals surface area contributed by atoms with Crippen LogP contribution in [0, 0.1) is 11.3 Å². The molecular weight excluding hydrogens is 494 g/mol. The molecule has 39 heavy (non-hydrogen) atoms. The first-order valence-electron chi connectivity index (χ1n) is 13.8. The number of rotatable bonds is 11. The van der Waals surface area contributed by atoms with E-state index in [1.807, 2.05) is 66.7 Å². The fraction of sp³-hybridized carbons (Fsp3) is 0.419. The van der Waals surface area contributed by atoms with E-state index in [2.05, 4.69) is 10.4 Å². The maximum atomic E-state index is 13.3. The fourth-order valence-corrected chi connectivity index (χ4v) is 5.49. The highest BCUT2D eigenvalue weighted by Gasteiger charge is 2.48. The molecule has 0 radical (unpaired) electrons. The lowest BCUT2D eigenvalue weighted by Gasteiger charge is -2.25. The molecule has 0 bridgehead atoms. The number of ether oxygens (including phenoxy) is 1. The number of carboxylic acids is 1. The number of carbonyl (C=O) groups excluding carboxylic acids is 2. The Hall–Kier alpha value is -3.94. The second-order valence-electron chi connectivity index (χ2n) is 10.8. The molecule has 0 spiro atoms. The Kier molecular flexibility index (Phi) is 8.10. The van der Waals surface area contributed by atoms with Gasteiger partial charge >= 0.3 is 5.97 Å². The summed E-state index contributed by atoms with van der Waals surface area (Å²) in [5.74, 6) is -0.460. The molecule has 1 heterocycles. The van der Waals surface area contributed by atoms with Gasteiger partial charge in [0.25, 0.3) is 5.91 Å². The SMILES string of the molecule is O=C(NC/C=C/CC1(C(=O)O)CC1)C(c1ccc(CN2N=C(c3ccccc3)OCC2=O)cc1)C1CCCC1. The smallest absolute Gasteiger partial charge is 0.309 e. The van der Waals surface area contributed by atoms with Gasteiger partial charge in [0, 0.05) is 12.1 Å². The number of benzene rings is 2. The van der Waals surface area contributed by atoms with Crippen LogP contribution in [0.2, 0.25) is 0 Å². The van der Waals surface area contributed by atoms with E-state index >= 15 is 0 Å². The van der Waals surface area contributed by atoms with Crippen molar-refractivity contribution < 1.29 is 24.2 Å². The van der Waals surface area contributed by atoms with Gasteiger partial charge in [-0.2, -0.15) is 0 Å². The van der Waals surface area contributed by atoms with Crippen molar-refractivity contribution >= 4 is 23.7 Å². The van der Waals surface area contributed by atoms with Crippen LogP contribution in [0.3, 0.4) is 0 Å². The van der Waals surface area contributed by atoms with E-state index in [0.29, 0.717) is 31.3 Å². The summed E-state index contributed by atoms with van der Waals surface area (Å²) < 4.78 is 5.54. The minimum Gasteiger partial charge on any atom is -0.481 e. The molecule has 1 aliphatic heterocycles. The molecule has 2 fully saturated rings. The lowest BCUT2D eigenvalue weighted by Crippen LogP contribution is -2.36. The molecule has 0 saturated heterocycles. The average molecular weight is 530 g/mol. The second-order valence-corrected chi connectivity index (χ2v) is 10.8. The molecular formula is C31H35N3O5. The molecule has 2 amide bonds. The van der Waals surface area contributed by atoms with Crippen molar-refractivity contribution in [1.29, 1.82) is 0 Å². The third kappa shape index (κ3) is 6.38. The molecule has 2 aromatic carbocycles. The zero-order valence-corrected chi connectivity index (χ0v) is 22.1. The molecule has 2 aliphatic carbocycles. The third-order valence-corrected chi connectivity index (χ3v) is 8.05. The van der Waals surface area contributed by atoms with Crippen LogP contribution < -0.4 is 5.32 Å². The van der Waals surface area contributed by atoms with Gasteiger partial charge in [-0.05, 0) is 61.3 Å². The number of amides is 2. The number of hydrogen-bond donors (Lipinski definition) is 2. The van der Waals surface area contributed by atoms with Crippen LogP contribution in [0.1, 0.15) is 67.6 Å². The number of aliphatic carboxylic acids is 1. The van der Waals surface area contributed by atoms with E-state index in [-0.39, 0.29) is 24.3 Å². The Bertz CT molecular complexity index is 1240. The maximum Gasteiger partial charge on any atom is 0.309 e. The Labute approximate surface area is 228 Å². The first-order chi connectivity index (χ1) is 18.9. The Balaban J connectivity index is 1.23. The molecule has 1 atom stereocenters. The van der Waals surface area contributed by atoms with Crippen molar-refractivity contribution in [3.05, 3.63) is 83.4 Å². The molecule has 3 aliphatic rings. The molecule has 0 aromatic heterocycles. The highest BCUT2D eigenvalue weighted by molar-refractivity contribution is 5.97. The van der Waals surface area contributed by atoms with Crippen LogP contribution in [0.5, 0.6) is 0 Å². The van der Waals surface area contributed by atoms with Crippen LogP contribution in [-0.2, 0) is 25.7 Å². The standard InChI is InChI=1S/C31H35N3O5/c35-26-21-39-29(25-10-2-1-3-11-25)33-34(26)20-22-12-14-24(15-13-22)27(23-8-4-5-9-23)28(36)32-19-7-6-16-31(17-18-31)30(37)38/h1-3,6-7,10-15,23,27H,4-5,8-9,16-21H2,(H,32,36)(H,37,38)/b7-6+. The van der Waals surface area contributed by atoms with Gasteiger partial charge < -0.3 is 15.2 Å². The second kappa shape index (κ2) is 11.8. The van der Waals surface area contributed by atoms with Gasteiger partial charge in [-0.25, -0.2) is 5.01 Å². The summed E-state index contributed by atoms with van der Waals surface area (Å²) in [4.78, 5) is 37.1. The molecule has 8 nitrogen and oxygen atoms in total. The summed E-state index contributed by atoms with van der Waals surface area (Å²) in [6, 6.07) is 17.4. The van der Waals surface area contributed by atoms with Crippen LogP contribution in [0.15, 0.2) is 71.9 Å². The van der Waals surface area contributed by atoms with Gasteiger partial charge in [-0.15, -0.1) is 5.10 Å². The molecule has 2 saturated carbocycles. The van der Waals surface area contributed by atoms with Crippen molar-refractivity contribution in [1.82, 2.24) is 10.3 Å². The van der Waals surface area contributed by atoms with Gasteiger partial charge in [-0.3, -0.25) is 14.4 Å². The van der Waals surface area contributed by atoms with Gasteiger partial charge in [0.15, 0.2) is 6.61 Å². The van der Waals surface area contributed by atoms with Crippen molar-refractivity contribution in [2.75, 3.05) is 13.2 Å². The van der Waals surface area contributed by atoms with Crippen LogP contribution in [0.4, 0.5) is 0 Å². The van der Waals surface area contributed by atoms with E-state index < -0.39 is 11.4 Å². The number of hydrazone groups is 1. The van der Waals surface area contributed by atoms with E-state index in [1.54, 1.807) is 0 Å². The highest BCUT2D eigenvalue weighted by atomic mass is 16.5. The Morgan fingerprint density at radius 2 is 1.79 bits per heavy atom. The molecule has 2 aromatic rings. The fourth-order valence-electron chi connectivity index (χ4n) is 5.49. The number of allylic oxidation sites excluding steroid dienone is 1. The van der Waals surface area contributed by atoms with Gasteiger partial charge in [0.05, 0.1) is 17.9 Å². The number of hydrogen-bond acceptors (Lipinski definition) is 5. The molecule has 5 rings (SSSR count). The van der Waals surface area contributed by atoms with Crippen molar-refractivity contribution in [2.24, 2.45) is 16.4 Å². The Morgan fingerprint density at radius 1 is 1.08 bits per heavy atom. The topological polar surface area (TPSA) is 108 Å². The summed E-state index contributed by atoms with van der Waals surface area (Å²) >= 11 is 0. The third-order valence-electron chi connectivity index (χ3n) is 8.05.